The lowest BCUT2D eigenvalue weighted by atomic mass is 9.44. The molecule has 5 aliphatic rings. The van der Waals surface area contributed by atoms with Gasteiger partial charge in [-0.05, 0) is 49.5 Å². The fraction of sp³-hybridized carbons (Fsp3) is 0.531. The smallest absolute Gasteiger partial charge is 0.331 e. The van der Waals surface area contributed by atoms with Gasteiger partial charge in [-0.1, -0.05) is 87.7 Å². The van der Waals surface area contributed by atoms with E-state index in [2.05, 4.69) is 0 Å². The summed E-state index contributed by atoms with van der Waals surface area (Å²) in [7, 11) is 0. The fourth-order valence-electron chi connectivity index (χ4n) is 11.0. The van der Waals surface area contributed by atoms with Crippen LogP contribution in [0.15, 0.2) is 71.8 Å². The molecule has 14 nitrogen and oxygen atoms in total. The van der Waals surface area contributed by atoms with Crippen LogP contribution >= 0.6 is 0 Å². The largest absolute Gasteiger partial charge is 0.459 e. The summed E-state index contributed by atoms with van der Waals surface area (Å²) in [6, 6.07) is 15.4. The fourth-order valence-corrected chi connectivity index (χ4v) is 11.0. The molecule has 4 aliphatic carbocycles. The van der Waals surface area contributed by atoms with E-state index in [4.69, 9.17) is 28.4 Å². The van der Waals surface area contributed by atoms with E-state index >= 15 is 4.79 Å². The van der Waals surface area contributed by atoms with Gasteiger partial charge in [0.05, 0.1) is 23.9 Å². The zero-order valence-electron chi connectivity index (χ0n) is 36.8. The van der Waals surface area contributed by atoms with Gasteiger partial charge in [0.15, 0.2) is 23.3 Å². The van der Waals surface area contributed by atoms with E-state index in [1.54, 1.807) is 69.3 Å². The third-order valence-electron chi connectivity index (χ3n) is 14.3. The highest BCUT2D eigenvalue weighted by Crippen LogP contribution is 2.65. The number of benzene rings is 2. The van der Waals surface area contributed by atoms with Crippen molar-refractivity contribution in [2.24, 2.45) is 22.7 Å². The number of esters is 5. The van der Waals surface area contributed by atoms with Crippen LogP contribution in [0.4, 0.5) is 0 Å². The molecule has 1 saturated heterocycles. The molecular formula is C49H56O14. The molecule has 7 rings (SSSR count). The van der Waals surface area contributed by atoms with Crippen molar-refractivity contribution >= 4 is 47.5 Å². The number of Topliss-reactive ketones (excluding diaryl/α,β-unsaturated/α-hetero) is 1. The van der Waals surface area contributed by atoms with Crippen molar-refractivity contribution in [1.29, 1.82) is 0 Å². The van der Waals surface area contributed by atoms with E-state index in [0.717, 1.165) is 26.2 Å². The molecule has 9 atom stereocenters. The summed E-state index contributed by atoms with van der Waals surface area (Å²) in [6.07, 6.45) is -1.26. The Kier molecular flexibility index (Phi) is 12.5. The van der Waals surface area contributed by atoms with Gasteiger partial charge in [-0.25, -0.2) is 4.79 Å². The molecule has 0 unspecified atom stereocenters. The number of hydrogen-bond donors (Lipinski definition) is 1. The number of aliphatic hydroxyl groups is 1. The Hall–Kier alpha value is -5.47. The Morgan fingerprint density at radius 3 is 2.02 bits per heavy atom. The Bertz CT molecular complexity index is 2240. The first-order valence-electron chi connectivity index (χ1n) is 21.7. The maximum atomic E-state index is 15.9. The zero-order chi connectivity index (χ0) is 45.6. The lowest BCUT2D eigenvalue weighted by Gasteiger charge is -2.67. The standard InChI is InChI=1S/C49H56O14/c1-27-35(59-28(2)50)25-49(57)44(62-45(56)34-16-12-9-13-17-34)42-47(7,43(55)41(60-29(3)51)39(27)46(49,5)6)36(24-37-48(42,26-58-37)63-30(4)52)61-38(53)23-20-31-18-21-33(22-19-31)40(54)32-14-10-8-11-15-32/h8,10-11,14-15,18-23,34-37,41-42,44,57H,9,12-13,16-17,24-26H2,1-7H3/b23-20+/t35-,36-,37+,41+,42-,44-,47+,48-,49+/m0/s1. The normalized spacial score (nSPS) is 32.4. The summed E-state index contributed by atoms with van der Waals surface area (Å²) in [6.45, 7) is 9.67. The summed E-state index contributed by atoms with van der Waals surface area (Å²) in [4.78, 5) is 96.2. The van der Waals surface area contributed by atoms with Gasteiger partial charge in [-0.3, -0.25) is 28.8 Å². The van der Waals surface area contributed by atoms with E-state index < -0.39 is 100 Å². The molecule has 0 aromatic heterocycles. The second-order valence-corrected chi connectivity index (χ2v) is 18.4. The van der Waals surface area contributed by atoms with Gasteiger partial charge in [0, 0.05) is 56.2 Å². The Balaban J connectivity index is 1.36. The highest BCUT2D eigenvalue weighted by molar-refractivity contribution is 6.09. The molecule has 0 spiro atoms. The molecule has 0 radical (unpaired) electrons. The van der Waals surface area contributed by atoms with Crippen LogP contribution < -0.4 is 0 Å². The number of carbonyl (C=O) groups excluding carboxylic acids is 7. The third-order valence-corrected chi connectivity index (χ3v) is 14.3. The van der Waals surface area contributed by atoms with E-state index in [9.17, 15) is 33.9 Å². The SMILES string of the molecule is CC(=O)O[C@H]1C(=O)[C@]2(C)[C@@H](OC(=O)/C=C/c3ccc(C(=O)c4ccccc4)cc3)C[C@H]3OC[C@@]3(OC(C)=O)[C@H]2[C@H](OC(=O)C2CCCCC2)[C@]2(O)C[C@H](OC(C)=O)C(C)=C1C2(C)C. The van der Waals surface area contributed by atoms with Gasteiger partial charge in [0.2, 0.25) is 0 Å². The number of ether oxygens (including phenoxy) is 6. The van der Waals surface area contributed by atoms with Gasteiger partial charge >= 0.3 is 29.8 Å². The molecule has 2 bridgehead atoms. The Morgan fingerprint density at radius 2 is 1.43 bits per heavy atom. The van der Waals surface area contributed by atoms with Gasteiger partial charge in [-0.15, -0.1) is 0 Å². The molecule has 2 aromatic rings. The molecule has 0 amide bonds. The molecule has 63 heavy (non-hydrogen) atoms. The van der Waals surface area contributed by atoms with Crippen molar-refractivity contribution < 1.29 is 67.1 Å². The van der Waals surface area contributed by atoms with Gasteiger partial charge in [-0.2, -0.15) is 0 Å². The first-order chi connectivity index (χ1) is 29.7. The van der Waals surface area contributed by atoms with Crippen molar-refractivity contribution in [3.05, 3.63) is 88.5 Å². The van der Waals surface area contributed by atoms with Gasteiger partial charge in [0.1, 0.15) is 30.0 Å². The molecule has 1 N–H and O–H groups in total. The summed E-state index contributed by atoms with van der Waals surface area (Å²) < 4.78 is 36.9. The number of carbonyl (C=O) groups is 7. The predicted molar refractivity (Wildman–Crippen MR) is 224 cm³/mol. The molecule has 2 aromatic carbocycles. The van der Waals surface area contributed by atoms with E-state index in [-0.39, 0.29) is 30.8 Å². The monoisotopic (exact) mass is 868 g/mol. The molecule has 336 valence electrons. The van der Waals surface area contributed by atoms with Crippen LogP contribution in [0.3, 0.4) is 0 Å². The van der Waals surface area contributed by atoms with Crippen LogP contribution in [0.2, 0.25) is 0 Å². The molecular weight excluding hydrogens is 813 g/mol. The van der Waals surface area contributed by atoms with Gasteiger partial charge < -0.3 is 33.5 Å². The number of hydrogen-bond acceptors (Lipinski definition) is 14. The van der Waals surface area contributed by atoms with E-state index in [0.29, 0.717) is 35.1 Å². The average Bonchev–Trinajstić information content (AvgIpc) is 3.23. The number of fused-ring (bicyclic) bond motifs is 5. The van der Waals surface area contributed by atoms with Crippen molar-refractivity contribution in [3.63, 3.8) is 0 Å². The summed E-state index contributed by atoms with van der Waals surface area (Å²) in [5.74, 6) is -6.72. The maximum absolute atomic E-state index is 15.9. The minimum atomic E-state index is -2.20. The van der Waals surface area contributed by atoms with Crippen molar-refractivity contribution in [1.82, 2.24) is 0 Å². The number of rotatable bonds is 10. The maximum Gasteiger partial charge on any atom is 0.331 e. The lowest BCUT2D eigenvalue weighted by molar-refractivity contribution is -0.348. The quantitative estimate of drug-likeness (QED) is 0.0962. The van der Waals surface area contributed by atoms with E-state index in [1.165, 1.54) is 32.9 Å². The average molecular weight is 869 g/mol. The molecule has 4 fully saturated rings. The summed E-state index contributed by atoms with van der Waals surface area (Å²) in [5, 5.41) is 13.6. The molecule has 1 aliphatic heterocycles. The Morgan fingerprint density at radius 1 is 0.794 bits per heavy atom. The van der Waals surface area contributed by atoms with Crippen LogP contribution in [-0.4, -0.2) is 94.8 Å². The zero-order valence-corrected chi connectivity index (χ0v) is 36.8. The highest BCUT2D eigenvalue weighted by Gasteiger charge is 2.79. The first-order valence-corrected chi connectivity index (χ1v) is 21.7. The van der Waals surface area contributed by atoms with Crippen LogP contribution in [0, 0.1) is 22.7 Å². The third kappa shape index (κ3) is 8.05. The second kappa shape index (κ2) is 17.2. The first kappa shape index (κ1) is 45.6. The lowest BCUT2D eigenvalue weighted by Crippen LogP contribution is -2.82. The molecule has 1 heterocycles. The van der Waals surface area contributed by atoms with Crippen molar-refractivity contribution in [3.8, 4) is 0 Å². The van der Waals surface area contributed by atoms with Crippen LogP contribution in [0.5, 0.6) is 0 Å². The minimum absolute atomic E-state index is 0.133. The summed E-state index contributed by atoms with van der Waals surface area (Å²) in [5.41, 5.74) is -5.45. The molecule has 14 heteroatoms. The van der Waals surface area contributed by atoms with Crippen LogP contribution in [-0.2, 0) is 57.2 Å². The molecule has 3 saturated carbocycles. The predicted octanol–water partition coefficient (Wildman–Crippen LogP) is 5.99. The van der Waals surface area contributed by atoms with Crippen LogP contribution in [0.1, 0.15) is 115 Å². The highest BCUT2D eigenvalue weighted by atomic mass is 16.6. The van der Waals surface area contributed by atoms with Crippen molar-refractivity contribution in [2.75, 3.05) is 6.61 Å². The minimum Gasteiger partial charge on any atom is -0.459 e. The number of ketones is 2. The summed E-state index contributed by atoms with van der Waals surface area (Å²) >= 11 is 0. The van der Waals surface area contributed by atoms with Crippen molar-refractivity contribution in [2.45, 2.75) is 135 Å². The van der Waals surface area contributed by atoms with Crippen LogP contribution in [0.25, 0.3) is 6.08 Å². The Labute approximate surface area is 366 Å². The topological polar surface area (TPSA) is 195 Å². The van der Waals surface area contributed by atoms with Gasteiger partial charge in [0.25, 0.3) is 0 Å². The van der Waals surface area contributed by atoms with E-state index in [1.807, 2.05) is 6.07 Å². The second-order valence-electron chi connectivity index (χ2n) is 18.4.